The van der Waals surface area contributed by atoms with Gasteiger partial charge in [-0.3, -0.25) is 0 Å². The van der Waals surface area contributed by atoms with Crippen molar-refractivity contribution in [2.45, 2.75) is 65.2 Å². The monoisotopic (exact) mass is 449 g/mol. The standard InChI is InChI=1S/C21H27N3O6S/c1-20(2,3)29-18(27)14(24-19(28)30-21(4,5)6)10-16-23-15(11-31-16)12-8-7-9-13(22-12)17(25)26/h7-9,11,14H,10H2,1-6H3,(H,24,28)(H,25,26)/t14-/m0/s1. The largest absolute Gasteiger partial charge is 0.477 e. The van der Waals surface area contributed by atoms with Gasteiger partial charge < -0.3 is 19.9 Å². The highest BCUT2D eigenvalue weighted by atomic mass is 32.1. The number of alkyl carbamates (subject to hydrolysis) is 1. The Hall–Kier alpha value is -3.01. The Morgan fingerprint density at radius 2 is 1.68 bits per heavy atom. The summed E-state index contributed by atoms with van der Waals surface area (Å²) < 4.78 is 10.7. The number of esters is 1. The van der Waals surface area contributed by atoms with E-state index in [1.165, 1.54) is 17.4 Å². The van der Waals surface area contributed by atoms with Gasteiger partial charge >= 0.3 is 18.0 Å². The molecule has 2 aromatic rings. The Morgan fingerprint density at radius 1 is 1.03 bits per heavy atom. The molecule has 9 nitrogen and oxygen atoms in total. The van der Waals surface area contributed by atoms with Gasteiger partial charge in [0.05, 0.1) is 16.4 Å². The molecule has 0 spiro atoms. The molecule has 0 fully saturated rings. The number of carboxylic acid groups (broad SMARTS) is 1. The van der Waals surface area contributed by atoms with E-state index in [1.807, 2.05) is 0 Å². The van der Waals surface area contributed by atoms with E-state index in [0.29, 0.717) is 16.4 Å². The number of amides is 1. The van der Waals surface area contributed by atoms with Gasteiger partial charge in [0.2, 0.25) is 0 Å². The van der Waals surface area contributed by atoms with Gasteiger partial charge in [-0.15, -0.1) is 11.3 Å². The van der Waals surface area contributed by atoms with E-state index < -0.39 is 35.3 Å². The fourth-order valence-electron chi connectivity index (χ4n) is 2.41. The summed E-state index contributed by atoms with van der Waals surface area (Å²) in [4.78, 5) is 44.6. The maximum Gasteiger partial charge on any atom is 0.408 e. The van der Waals surface area contributed by atoms with Crippen molar-refractivity contribution in [1.29, 1.82) is 0 Å². The molecule has 10 heteroatoms. The second kappa shape index (κ2) is 9.42. The molecule has 2 heterocycles. The fraction of sp³-hybridized carbons (Fsp3) is 0.476. The molecule has 0 saturated heterocycles. The minimum atomic E-state index is -1.14. The summed E-state index contributed by atoms with van der Waals surface area (Å²) in [5.41, 5.74) is -0.678. The van der Waals surface area contributed by atoms with E-state index in [9.17, 15) is 14.4 Å². The molecule has 0 bridgehead atoms. The molecule has 168 valence electrons. The maximum absolute atomic E-state index is 12.7. The third-order valence-electron chi connectivity index (χ3n) is 3.54. The van der Waals surface area contributed by atoms with Crippen LogP contribution >= 0.6 is 11.3 Å². The van der Waals surface area contributed by atoms with Crippen LogP contribution in [-0.2, 0) is 20.7 Å². The summed E-state index contributed by atoms with van der Waals surface area (Å²) in [5, 5.41) is 13.9. The van der Waals surface area contributed by atoms with Crippen LogP contribution in [0.5, 0.6) is 0 Å². The van der Waals surface area contributed by atoms with Crippen LogP contribution in [0.15, 0.2) is 23.6 Å². The minimum absolute atomic E-state index is 0.0808. The summed E-state index contributed by atoms with van der Waals surface area (Å²) in [5.74, 6) is -1.75. The topological polar surface area (TPSA) is 128 Å². The van der Waals surface area contributed by atoms with E-state index in [0.717, 1.165) is 0 Å². The lowest BCUT2D eigenvalue weighted by molar-refractivity contribution is -0.157. The number of aromatic carboxylic acids is 1. The third kappa shape index (κ3) is 7.97. The number of carbonyl (C=O) groups is 3. The van der Waals surface area contributed by atoms with Crippen molar-refractivity contribution in [3.8, 4) is 11.4 Å². The van der Waals surface area contributed by atoms with Gasteiger partial charge in [-0.05, 0) is 53.7 Å². The molecule has 1 amide bonds. The number of carbonyl (C=O) groups excluding carboxylic acids is 2. The number of rotatable bonds is 6. The lowest BCUT2D eigenvalue weighted by Crippen LogP contribution is -2.47. The highest BCUT2D eigenvalue weighted by molar-refractivity contribution is 7.10. The fourth-order valence-corrected chi connectivity index (χ4v) is 3.24. The first-order valence-electron chi connectivity index (χ1n) is 9.61. The molecule has 0 aliphatic heterocycles. The van der Waals surface area contributed by atoms with Gasteiger partial charge in [0, 0.05) is 11.8 Å². The molecule has 0 saturated carbocycles. The lowest BCUT2D eigenvalue weighted by Gasteiger charge is -2.26. The Kier molecular flexibility index (Phi) is 7.37. The van der Waals surface area contributed by atoms with Crippen LogP contribution < -0.4 is 5.32 Å². The molecule has 0 aromatic carbocycles. The number of ether oxygens (including phenoxy) is 2. The van der Waals surface area contributed by atoms with Crippen molar-refractivity contribution in [3.05, 3.63) is 34.3 Å². The summed E-state index contributed by atoms with van der Waals surface area (Å²) in [7, 11) is 0. The molecule has 1 atom stereocenters. The van der Waals surface area contributed by atoms with Crippen molar-refractivity contribution < 1.29 is 29.0 Å². The Labute approximate surface area is 184 Å². The average Bonchev–Trinajstić information content (AvgIpc) is 3.07. The number of hydrogen-bond donors (Lipinski definition) is 2. The van der Waals surface area contributed by atoms with E-state index in [1.54, 1.807) is 59.1 Å². The number of carboxylic acids is 1. The highest BCUT2D eigenvalue weighted by Crippen LogP contribution is 2.22. The van der Waals surface area contributed by atoms with Crippen LogP contribution in [0.4, 0.5) is 4.79 Å². The summed E-state index contributed by atoms with van der Waals surface area (Å²) in [6.07, 6.45) is -0.659. The van der Waals surface area contributed by atoms with E-state index in [-0.39, 0.29) is 12.1 Å². The van der Waals surface area contributed by atoms with Crippen LogP contribution in [-0.4, -0.2) is 50.4 Å². The maximum atomic E-state index is 12.7. The molecule has 0 aliphatic rings. The normalized spacial score (nSPS) is 12.7. The Morgan fingerprint density at radius 3 is 2.26 bits per heavy atom. The minimum Gasteiger partial charge on any atom is -0.477 e. The number of hydrogen-bond acceptors (Lipinski definition) is 8. The van der Waals surface area contributed by atoms with Crippen molar-refractivity contribution in [1.82, 2.24) is 15.3 Å². The zero-order valence-electron chi connectivity index (χ0n) is 18.4. The molecule has 0 unspecified atom stereocenters. The molecular weight excluding hydrogens is 422 g/mol. The van der Waals surface area contributed by atoms with Gasteiger partial charge in [-0.1, -0.05) is 6.07 Å². The smallest absolute Gasteiger partial charge is 0.408 e. The number of thiazole rings is 1. The number of nitrogens with one attached hydrogen (secondary N) is 1. The number of pyridine rings is 1. The molecular formula is C21H27N3O6S. The summed E-state index contributed by atoms with van der Waals surface area (Å²) in [6, 6.07) is 3.61. The van der Waals surface area contributed by atoms with Crippen LogP contribution in [0.1, 0.15) is 57.0 Å². The van der Waals surface area contributed by atoms with Crippen LogP contribution in [0.2, 0.25) is 0 Å². The predicted molar refractivity (Wildman–Crippen MR) is 115 cm³/mol. The second-order valence-corrected chi connectivity index (χ2v) is 9.72. The zero-order valence-corrected chi connectivity index (χ0v) is 19.2. The van der Waals surface area contributed by atoms with Crippen molar-refractivity contribution >= 4 is 29.4 Å². The van der Waals surface area contributed by atoms with Gasteiger partial charge in [0.1, 0.15) is 22.9 Å². The Bertz CT molecular complexity index is 959. The SMILES string of the molecule is CC(C)(C)OC(=O)N[C@@H](Cc1nc(-c2cccc(C(=O)O)n2)cs1)C(=O)OC(C)(C)C. The predicted octanol–water partition coefficient (Wildman–Crippen LogP) is 3.68. The van der Waals surface area contributed by atoms with E-state index in [4.69, 9.17) is 14.6 Å². The van der Waals surface area contributed by atoms with Crippen molar-refractivity contribution in [2.24, 2.45) is 0 Å². The molecule has 2 rings (SSSR count). The van der Waals surface area contributed by atoms with Gasteiger partial charge in [-0.2, -0.15) is 0 Å². The summed E-state index contributed by atoms with van der Waals surface area (Å²) in [6.45, 7) is 10.4. The number of nitrogens with zero attached hydrogens (tertiary/aromatic N) is 2. The van der Waals surface area contributed by atoms with Crippen molar-refractivity contribution in [2.75, 3.05) is 0 Å². The third-order valence-corrected chi connectivity index (χ3v) is 4.41. The molecule has 31 heavy (non-hydrogen) atoms. The van der Waals surface area contributed by atoms with Crippen molar-refractivity contribution in [3.63, 3.8) is 0 Å². The molecule has 2 N–H and O–H groups in total. The van der Waals surface area contributed by atoms with E-state index in [2.05, 4.69) is 15.3 Å². The van der Waals surface area contributed by atoms with Crippen LogP contribution in [0.3, 0.4) is 0 Å². The van der Waals surface area contributed by atoms with Gasteiger partial charge in [-0.25, -0.2) is 24.4 Å². The van der Waals surface area contributed by atoms with Crippen LogP contribution in [0.25, 0.3) is 11.4 Å². The molecule has 2 aromatic heterocycles. The molecule has 0 aliphatic carbocycles. The first kappa shape index (κ1) is 24.3. The average molecular weight is 450 g/mol. The van der Waals surface area contributed by atoms with Crippen LogP contribution in [0, 0.1) is 0 Å². The first-order chi connectivity index (χ1) is 14.2. The second-order valence-electron chi connectivity index (χ2n) is 8.78. The highest BCUT2D eigenvalue weighted by Gasteiger charge is 2.30. The lowest BCUT2D eigenvalue weighted by atomic mass is 10.1. The van der Waals surface area contributed by atoms with Gasteiger partial charge in [0.15, 0.2) is 0 Å². The zero-order chi connectivity index (χ0) is 23.4. The summed E-state index contributed by atoms with van der Waals surface area (Å²) >= 11 is 1.26. The van der Waals surface area contributed by atoms with E-state index >= 15 is 0 Å². The van der Waals surface area contributed by atoms with Gasteiger partial charge in [0.25, 0.3) is 0 Å². The quantitative estimate of drug-likeness (QED) is 0.639. The molecule has 0 radical (unpaired) electrons. The number of aromatic nitrogens is 2. The Balaban J connectivity index is 2.22. The first-order valence-corrected chi connectivity index (χ1v) is 10.5.